The molecule has 4 heterocycles. The summed E-state index contributed by atoms with van der Waals surface area (Å²) in [7, 11) is 0. The molecule has 2 atom stereocenters. The number of imide groups is 1. The van der Waals surface area contributed by atoms with Crippen LogP contribution in [-0.2, 0) is 30.1 Å². The molecule has 4 fully saturated rings. The first kappa shape index (κ1) is 41.8. The van der Waals surface area contributed by atoms with Crippen LogP contribution in [-0.4, -0.2) is 99.4 Å². The Kier molecular flexibility index (Phi) is 12.2. The Morgan fingerprint density at radius 2 is 1.81 bits per heavy atom. The number of halogens is 5. The summed E-state index contributed by atoms with van der Waals surface area (Å²) in [6, 6.07) is 7.97. The van der Waals surface area contributed by atoms with Gasteiger partial charge in [-0.15, -0.1) is 0 Å². The van der Waals surface area contributed by atoms with E-state index < -0.39 is 65.1 Å². The van der Waals surface area contributed by atoms with E-state index in [9.17, 15) is 32.3 Å². The van der Waals surface area contributed by atoms with Crippen LogP contribution >= 0.6 is 12.2 Å². The molecule has 13 nitrogen and oxygen atoms in total. The van der Waals surface area contributed by atoms with Gasteiger partial charge in [-0.25, -0.2) is 13.8 Å². The summed E-state index contributed by atoms with van der Waals surface area (Å²) in [5.74, 6) is -5.73. The highest BCUT2D eigenvalue weighted by atomic mass is 32.1. The van der Waals surface area contributed by atoms with Crippen molar-refractivity contribution in [3.8, 4) is 6.07 Å². The molecule has 0 radical (unpaired) electrons. The second-order valence-corrected chi connectivity index (χ2v) is 15.7. The van der Waals surface area contributed by atoms with Crippen molar-refractivity contribution in [3.05, 3.63) is 47.8 Å². The van der Waals surface area contributed by atoms with Gasteiger partial charge in [0, 0.05) is 36.4 Å². The second kappa shape index (κ2) is 16.6. The number of benzene rings is 1. The third-order valence-corrected chi connectivity index (χ3v) is 11.4. The van der Waals surface area contributed by atoms with Crippen LogP contribution in [0.25, 0.3) is 0 Å². The molecule has 0 bridgehead atoms. The Morgan fingerprint density at radius 1 is 1.09 bits per heavy atom. The number of thiocarbonyl (C=S) groups is 1. The van der Waals surface area contributed by atoms with Gasteiger partial charge in [0.2, 0.25) is 17.7 Å². The predicted molar refractivity (Wildman–Crippen MR) is 201 cm³/mol. The van der Waals surface area contributed by atoms with E-state index in [1.165, 1.54) is 11.0 Å². The topological polar surface area (TPSA) is 160 Å². The van der Waals surface area contributed by atoms with Crippen molar-refractivity contribution in [3.63, 3.8) is 0 Å². The van der Waals surface area contributed by atoms with Gasteiger partial charge in [-0.1, -0.05) is 6.07 Å². The summed E-state index contributed by atoms with van der Waals surface area (Å²) < 4.78 is 77.7. The molecular weight excluding hydrogens is 776 g/mol. The number of aromatic nitrogens is 1. The molecular formula is C38H43F5N8O5S. The molecule has 2 unspecified atom stereocenters. The fourth-order valence-corrected chi connectivity index (χ4v) is 8.61. The van der Waals surface area contributed by atoms with Crippen molar-refractivity contribution in [2.24, 2.45) is 5.92 Å². The lowest BCUT2D eigenvalue weighted by Gasteiger charge is -2.41. The van der Waals surface area contributed by atoms with Crippen LogP contribution in [0.4, 0.5) is 39.0 Å². The number of anilines is 3. The Labute approximate surface area is 331 Å². The van der Waals surface area contributed by atoms with Gasteiger partial charge in [0.25, 0.3) is 11.8 Å². The third-order valence-electron chi connectivity index (χ3n) is 11.0. The summed E-state index contributed by atoms with van der Waals surface area (Å²) in [5, 5.41) is 17.2. The lowest BCUT2D eigenvalue weighted by Crippen LogP contribution is -2.51. The van der Waals surface area contributed by atoms with Crippen molar-refractivity contribution in [1.29, 1.82) is 5.26 Å². The van der Waals surface area contributed by atoms with Crippen molar-refractivity contribution >= 4 is 58.0 Å². The van der Waals surface area contributed by atoms with Gasteiger partial charge in [0.1, 0.15) is 17.6 Å². The molecule has 1 aromatic heterocycles. The summed E-state index contributed by atoms with van der Waals surface area (Å²) in [5.41, 5.74) is -2.45. The Balaban J connectivity index is 0.945. The van der Waals surface area contributed by atoms with Crippen molar-refractivity contribution in [1.82, 2.24) is 20.1 Å². The number of likely N-dealkylation sites (tertiary alicyclic amines) is 1. The maximum atomic E-state index is 15.3. The van der Waals surface area contributed by atoms with Crippen LogP contribution < -0.4 is 20.9 Å². The van der Waals surface area contributed by atoms with Gasteiger partial charge >= 0.3 is 6.18 Å². The predicted octanol–water partition coefficient (Wildman–Crippen LogP) is 5.22. The highest BCUT2D eigenvalue weighted by Crippen LogP contribution is 2.41. The number of piperidine rings is 2. The molecule has 4 amide bonds. The number of ether oxygens (including phenoxy) is 1. The molecule has 4 aliphatic rings. The lowest BCUT2D eigenvalue weighted by atomic mass is 9.88. The SMILES string of the molecule is CC1(C)C(=O)N(c2cnc(C#N)c(C(F)(F)F)c2)C(=S)N1C1CCC(OCCC2CCN(CC(=O)Nc3cccc(NC4CCC(=O)NC4=O)c3)CC2(F)F)CC1. The zero-order chi connectivity index (χ0) is 41.3. The molecule has 3 N–H and O–H groups in total. The summed E-state index contributed by atoms with van der Waals surface area (Å²) >= 11 is 5.65. The fourth-order valence-electron chi connectivity index (χ4n) is 8.05. The maximum absolute atomic E-state index is 15.3. The van der Waals surface area contributed by atoms with Gasteiger partial charge in [0.05, 0.1) is 36.6 Å². The van der Waals surface area contributed by atoms with E-state index in [1.807, 2.05) is 0 Å². The quantitative estimate of drug-likeness (QED) is 0.155. The minimum Gasteiger partial charge on any atom is -0.378 e. The molecule has 6 rings (SSSR count). The Morgan fingerprint density at radius 3 is 2.47 bits per heavy atom. The number of amides is 4. The van der Waals surface area contributed by atoms with Gasteiger partial charge in [-0.2, -0.15) is 18.4 Å². The van der Waals surface area contributed by atoms with Crippen LogP contribution in [0.5, 0.6) is 0 Å². The highest BCUT2D eigenvalue weighted by molar-refractivity contribution is 7.80. The van der Waals surface area contributed by atoms with E-state index in [2.05, 4.69) is 20.9 Å². The van der Waals surface area contributed by atoms with Gasteiger partial charge < -0.3 is 20.3 Å². The first-order valence-electron chi connectivity index (χ1n) is 18.7. The molecule has 306 valence electrons. The first-order chi connectivity index (χ1) is 26.9. The average Bonchev–Trinajstić information content (AvgIpc) is 3.31. The van der Waals surface area contributed by atoms with Gasteiger partial charge in [-0.3, -0.25) is 34.3 Å². The van der Waals surface area contributed by atoms with Crippen LogP contribution in [0, 0.1) is 17.2 Å². The minimum atomic E-state index is -4.87. The number of carbonyl (C=O) groups is 4. The summed E-state index contributed by atoms with van der Waals surface area (Å²) in [4.78, 5) is 57.7. The van der Waals surface area contributed by atoms with Crippen LogP contribution in [0.2, 0.25) is 0 Å². The molecule has 0 spiro atoms. The molecule has 1 aliphatic carbocycles. The fraction of sp³-hybridized carbons (Fsp3) is 0.553. The Bertz CT molecular complexity index is 1950. The number of nitrogens with one attached hydrogen (secondary N) is 3. The smallest absolute Gasteiger partial charge is 0.378 e. The van der Waals surface area contributed by atoms with Gasteiger partial charge in [0.15, 0.2) is 10.8 Å². The normalized spacial score (nSPS) is 25.2. The van der Waals surface area contributed by atoms with E-state index in [-0.39, 0.29) is 61.3 Å². The number of hydrogen-bond acceptors (Lipinski definition) is 10. The molecule has 2 aromatic rings. The Hall–Kier alpha value is -4.80. The van der Waals surface area contributed by atoms with Crippen molar-refractivity contribution < 1.29 is 45.9 Å². The van der Waals surface area contributed by atoms with Crippen LogP contribution in [0.15, 0.2) is 36.5 Å². The first-order valence-corrected chi connectivity index (χ1v) is 19.2. The summed E-state index contributed by atoms with van der Waals surface area (Å²) in [6.45, 7) is 2.90. The molecule has 3 aliphatic heterocycles. The number of hydrogen-bond donors (Lipinski definition) is 3. The molecule has 1 aromatic carbocycles. The van der Waals surface area contributed by atoms with E-state index >= 15 is 8.78 Å². The van der Waals surface area contributed by atoms with Crippen LogP contribution in [0.1, 0.15) is 76.5 Å². The zero-order valence-electron chi connectivity index (χ0n) is 31.3. The van der Waals surface area contributed by atoms with E-state index in [0.717, 1.165) is 11.1 Å². The standard InChI is InChI=1S/C38H43F5N8O5S/c1-36(2)34(55)50(26-17-28(38(41,42)43)30(18-44)45-19-26)35(57)51(36)25-6-8-27(9-7-25)56-15-13-22-12-14-49(21-37(22,39)40)20-32(53)47-24-5-3-4-23(16-24)46-29-10-11-31(52)48-33(29)54/h3-5,16-17,19,22,25,27,29,46H,6-15,20-21H2,1-2H3,(H,47,53)(H,48,52,54). The largest absolute Gasteiger partial charge is 0.419 e. The maximum Gasteiger partial charge on any atom is 0.419 e. The van der Waals surface area contributed by atoms with E-state index in [1.54, 1.807) is 43.0 Å². The number of alkyl halides is 5. The third kappa shape index (κ3) is 9.34. The molecule has 3 saturated heterocycles. The number of nitrogens with zero attached hydrogens (tertiary/aromatic N) is 5. The number of rotatable bonds is 11. The second-order valence-electron chi connectivity index (χ2n) is 15.4. The number of carbonyl (C=O) groups excluding carboxylic acids is 4. The lowest BCUT2D eigenvalue weighted by molar-refractivity contribution is -0.138. The van der Waals surface area contributed by atoms with E-state index in [0.29, 0.717) is 56.1 Å². The molecule has 57 heavy (non-hydrogen) atoms. The highest BCUT2D eigenvalue weighted by Gasteiger charge is 2.53. The van der Waals surface area contributed by atoms with Crippen molar-refractivity contribution in [2.75, 3.05) is 41.8 Å². The van der Waals surface area contributed by atoms with Crippen molar-refractivity contribution in [2.45, 2.75) is 101 Å². The minimum absolute atomic E-state index is 0.0357. The average molecular weight is 819 g/mol. The number of pyridine rings is 1. The van der Waals surface area contributed by atoms with Gasteiger partial charge in [-0.05, 0) is 102 Å². The zero-order valence-corrected chi connectivity index (χ0v) is 32.2. The number of nitriles is 1. The molecule has 19 heteroatoms. The van der Waals surface area contributed by atoms with E-state index in [4.69, 9.17) is 22.2 Å². The summed E-state index contributed by atoms with van der Waals surface area (Å²) in [6.07, 6.45) is -0.983. The monoisotopic (exact) mass is 818 g/mol. The van der Waals surface area contributed by atoms with Crippen LogP contribution in [0.3, 0.4) is 0 Å². The molecule has 1 saturated carbocycles.